The van der Waals surface area contributed by atoms with Gasteiger partial charge in [0.15, 0.2) is 0 Å². The summed E-state index contributed by atoms with van der Waals surface area (Å²) in [5.41, 5.74) is 2.16. The molecule has 4 nitrogen and oxygen atoms in total. The van der Waals surface area contributed by atoms with Gasteiger partial charge in [-0.2, -0.15) is 0 Å². The summed E-state index contributed by atoms with van der Waals surface area (Å²) >= 11 is 0. The van der Waals surface area contributed by atoms with Gasteiger partial charge in [-0.05, 0) is 49.9 Å². The van der Waals surface area contributed by atoms with Crippen molar-refractivity contribution in [3.8, 4) is 17.4 Å². The minimum atomic E-state index is 0.630. The van der Waals surface area contributed by atoms with Gasteiger partial charge in [-0.25, -0.2) is 4.98 Å². The second kappa shape index (κ2) is 6.20. The maximum Gasteiger partial charge on any atom is 0.222 e. The van der Waals surface area contributed by atoms with E-state index >= 15 is 0 Å². The molecule has 0 spiro atoms. The van der Waals surface area contributed by atoms with Crippen molar-refractivity contribution in [1.29, 1.82) is 0 Å². The topological polar surface area (TPSA) is 43.4 Å². The molecule has 0 saturated heterocycles. The lowest BCUT2D eigenvalue weighted by atomic mass is 10.2. The Morgan fingerprint density at radius 3 is 2.42 bits per heavy atom. The number of nitrogens with zero attached hydrogens (tertiary/aromatic N) is 1. The number of pyridine rings is 1. The van der Waals surface area contributed by atoms with E-state index in [-0.39, 0.29) is 0 Å². The lowest BCUT2D eigenvalue weighted by Crippen LogP contribution is -2.06. The highest BCUT2D eigenvalue weighted by molar-refractivity contribution is 5.36. The molecule has 0 fully saturated rings. The summed E-state index contributed by atoms with van der Waals surface area (Å²) in [6.07, 6.45) is 1.82. The maximum atomic E-state index is 5.75. The van der Waals surface area contributed by atoms with Crippen LogP contribution in [0, 0.1) is 6.92 Å². The van der Waals surface area contributed by atoms with E-state index in [1.165, 1.54) is 0 Å². The predicted molar refractivity (Wildman–Crippen MR) is 74.8 cm³/mol. The molecule has 1 N–H and O–H groups in total. The molecule has 2 aromatic rings. The summed E-state index contributed by atoms with van der Waals surface area (Å²) in [6.45, 7) is 2.79. The third-order valence-corrected chi connectivity index (χ3v) is 2.74. The van der Waals surface area contributed by atoms with Crippen molar-refractivity contribution in [2.45, 2.75) is 13.5 Å². The van der Waals surface area contributed by atoms with Gasteiger partial charge in [0.2, 0.25) is 5.88 Å². The first-order valence-corrected chi connectivity index (χ1v) is 6.15. The highest BCUT2D eigenvalue weighted by atomic mass is 16.5. The van der Waals surface area contributed by atoms with Crippen molar-refractivity contribution >= 4 is 0 Å². The molecule has 19 heavy (non-hydrogen) atoms. The molecule has 0 saturated carbocycles. The van der Waals surface area contributed by atoms with Crippen LogP contribution >= 0.6 is 0 Å². The number of hydrogen-bond acceptors (Lipinski definition) is 4. The average molecular weight is 258 g/mol. The van der Waals surface area contributed by atoms with E-state index in [1.807, 2.05) is 44.4 Å². The Morgan fingerprint density at radius 2 is 1.84 bits per heavy atom. The standard InChI is InChI=1S/C15H18N2O2/c1-11-8-12(9-16-2)10-17-15(11)19-14-6-4-13(18-3)5-7-14/h4-8,10,16H,9H2,1-3H3. The molecule has 4 heteroatoms. The number of hydrogen-bond donors (Lipinski definition) is 1. The summed E-state index contributed by atoms with van der Waals surface area (Å²) in [5.74, 6) is 2.18. The van der Waals surface area contributed by atoms with Crippen LogP contribution in [0.3, 0.4) is 0 Å². The molecule has 0 amide bonds. The molecule has 1 aromatic heterocycles. The Balaban J connectivity index is 2.13. The van der Waals surface area contributed by atoms with Crippen LogP contribution in [0.25, 0.3) is 0 Å². The quantitative estimate of drug-likeness (QED) is 0.895. The number of aromatic nitrogens is 1. The first kappa shape index (κ1) is 13.4. The van der Waals surface area contributed by atoms with Gasteiger partial charge in [0.25, 0.3) is 0 Å². The second-order valence-corrected chi connectivity index (χ2v) is 4.27. The smallest absolute Gasteiger partial charge is 0.222 e. The zero-order chi connectivity index (χ0) is 13.7. The van der Waals surface area contributed by atoms with Crippen molar-refractivity contribution in [3.63, 3.8) is 0 Å². The van der Waals surface area contributed by atoms with Crippen molar-refractivity contribution in [3.05, 3.63) is 47.7 Å². The fraction of sp³-hybridized carbons (Fsp3) is 0.267. The summed E-state index contributed by atoms with van der Waals surface area (Å²) in [5, 5.41) is 3.10. The molecular weight excluding hydrogens is 240 g/mol. The summed E-state index contributed by atoms with van der Waals surface area (Å²) in [6, 6.07) is 9.52. The Hall–Kier alpha value is -2.07. The van der Waals surface area contributed by atoms with Gasteiger partial charge in [0.05, 0.1) is 7.11 Å². The fourth-order valence-corrected chi connectivity index (χ4v) is 1.78. The van der Waals surface area contributed by atoms with E-state index in [4.69, 9.17) is 9.47 Å². The molecule has 1 heterocycles. The van der Waals surface area contributed by atoms with Gasteiger partial charge in [-0.15, -0.1) is 0 Å². The average Bonchev–Trinajstić information content (AvgIpc) is 2.43. The Kier molecular flexibility index (Phi) is 4.36. The molecule has 0 aliphatic heterocycles. The summed E-state index contributed by atoms with van der Waals surface area (Å²) < 4.78 is 10.9. The van der Waals surface area contributed by atoms with Crippen LogP contribution in [0.2, 0.25) is 0 Å². The number of aryl methyl sites for hydroxylation is 1. The number of benzene rings is 1. The maximum absolute atomic E-state index is 5.75. The zero-order valence-corrected chi connectivity index (χ0v) is 11.4. The third kappa shape index (κ3) is 3.45. The number of methoxy groups -OCH3 is 1. The molecule has 0 unspecified atom stereocenters. The van der Waals surface area contributed by atoms with Crippen LogP contribution in [-0.2, 0) is 6.54 Å². The highest BCUT2D eigenvalue weighted by Crippen LogP contribution is 2.25. The Bertz CT molecular complexity index is 538. The third-order valence-electron chi connectivity index (χ3n) is 2.74. The number of nitrogens with one attached hydrogen (secondary N) is 1. The zero-order valence-electron chi connectivity index (χ0n) is 11.4. The van der Waals surface area contributed by atoms with Crippen molar-refractivity contribution < 1.29 is 9.47 Å². The Labute approximate surface area is 113 Å². The minimum Gasteiger partial charge on any atom is -0.497 e. The van der Waals surface area contributed by atoms with E-state index in [0.29, 0.717) is 5.88 Å². The lowest BCUT2D eigenvalue weighted by Gasteiger charge is -2.09. The summed E-state index contributed by atoms with van der Waals surface area (Å²) in [7, 11) is 3.55. The molecule has 0 aliphatic carbocycles. The fourth-order valence-electron chi connectivity index (χ4n) is 1.78. The van der Waals surface area contributed by atoms with Crippen LogP contribution in [0.1, 0.15) is 11.1 Å². The van der Waals surface area contributed by atoms with Crippen LogP contribution in [0.4, 0.5) is 0 Å². The van der Waals surface area contributed by atoms with Crippen molar-refractivity contribution in [2.24, 2.45) is 0 Å². The molecule has 0 bridgehead atoms. The van der Waals surface area contributed by atoms with E-state index in [2.05, 4.69) is 16.4 Å². The molecule has 0 atom stereocenters. The second-order valence-electron chi connectivity index (χ2n) is 4.27. The van der Waals surface area contributed by atoms with Crippen LogP contribution in [-0.4, -0.2) is 19.1 Å². The number of rotatable bonds is 5. The van der Waals surface area contributed by atoms with Crippen molar-refractivity contribution in [1.82, 2.24) is 10.3 Å². The minimum absolute atomic E-state index is 0.630. The normalized spacial score (nSPS) is 10.3. The molecule has 1 aromatic carbocycles. The van der Waals surface area contributed by atoms with Crippen molar-refractivity contribution in [2.75, 3.05) is 14.2 Å². The van der Waals surface area contributed by atoms with E-state index in [9.17, 15) is 0 Å². The van der Waals surface area contributed by atoms with Crippen LogP contribution in [0.15, 0.2) is 36.5 Å². The van der Waals surface area contributed by atoms with E-state index < -0.39 is 0 Å². The molecule has 0 aliphatic rings. The van der Waals surface area contributed by atoms with Gasteiger partial charge in [-0.1, -0.05) is 0 Å². The van der Waals surface area contributed by atoms with Gasteiger partial charge in [0.1, 0.15) is 11.5 Å². The molecular formula is C15H18N2O2. The van der Waals surface area contributed by atoms with Gasteiger partial charge in [0, 0.05) is 18.3 Å². The highest BCUT2D eigenvalue weighted by Gasteiger charge is 2.04. The van der Waals surface area contributed by atoms with Crippen LogP contribution in [0.5, 0.6) is 17.4 Å². The monoisotopic (exact) mass is 258 g/mol. The molecule has 2 rings (SSSR count). The first-order chi connectivity index (χ1) is 9.22. The van der Waals surface area contributed by atoms with E-state index in [0.717, 1.165) is 29.2 Å². The predicted octanol–water partition coefficient (Wildman–Crippen LogP) is 2.91. The largest absolute Gasteiger partial charge is 0.497 e. The van der Waals surface area contributed by atoms with Gasteiger partial charge < -0.3 is 14.8 Å². The first-order valence-electron chi connectivity index (χ1n) is 6.15. The lowest BCUT2D eigenvalue weighted by molar-refractivity contribution is 0.412. The number of ether oxygens (including phenoxy) is 2. The SMILES string of the molecule is CNCc1cnc(Oc2ccc(OC)cc2)c(C)c1. The van der Waals surface area contributed by atoms with Gasteiger partial charge in [-0.3, -0.25) is 0 Å². The van der Waals surface area contributed by atoms with E-state index in [1.54, 1.807) is 7.11 Å². The van der Waals surface area contributed by atoms with Crippen LogP contribution < -0.4 is 14.8 Å². The molecule has 100 valence electrons. The summed E-state index contributed by atoms with van der Waals surface area (Å²) in [4.78, 5) is 4.34. The molecule has 0 radical (unpaired) electrons. The van der Waals surface area contributed by atoms with Gasteiger partial charge >= 0.3 is 0 Å². The Morgan fingerprint density at radius 1 is 1.16 bits per heavy atom.